The van der Waals surface area contributed by atoms with Gasteiger partial charge in [-0.2, -0.15) is 0 Å². The molecule has 13 heavy (non-hydrogen) atoms. The zero-order valence-electron chi connectivity index (χ0n) is 7.38. The van der Waals surface area contributed by atoms with E-state index in [1.165, 1.54) is 0 Å². The van der Waals surface area contributed by atoms with Crippen molar-refractivity contribution in [1.82, 2.24) is 10.3 Å². The van der Waals surface area contributed by atoms with E-state index in [0.29, 0.717) is 5.15 Å². The van der Waals surface area contributed by atoms with Crippen molar-refractivity contribution in [2.75, 3.05) is 13.1 Å². The molecule has 0 radical (unpaired) electrons. The number of rotatable bonds is 2. The van der Waals surface area contributed by atoms with E-state index in [-0.39, 0.29) is 5.60 Å². The second-order valence-corrected chi connectivity index (χ2v) is 3.86. The van der Waals surface area contributed by atoms with Crippen molar-refractivity contribution < 1.29 is 4.74 Å². The van der Waals surface area contributed by atoms with Gasteiger partial charge in [-0.25, -0.2) is 4.98 Å². The van der Waals surface area contributed by atoms with Crippen LogP contribution >= 0.6 is 11.6 Å². The van der Waals surface area contributed by atoms with Crippen molar-refractivity contribution >= 4 is 11.6 Å². The van der Waals surface area contributed by atoms with Gasteiger partial charge in [-0.05, 0) is 19.1 Å². The fourth-order valence-corrected chi connectivity index (χ4v) is 1.37. The van der Waals surface area contributed by atoms with Crippen molar-refractivity contribution in [2.45, 2.75) is 12.5 Å². The SMILES string of the molecule is CC1(Oc2ccc(Cl)nc2)CNC1. The first-order valence-electron chi connectivity index (χ1n) is 4.19. The normalized spacial score (nSPS) is 19.2. The third kappa shape index (κ3) is 1.92. The quantitative estimate of drug-likeness (QED) is 0.731. The molecule has 2 heterocycles. The molecule has 2 rings (SSSR count). The van der Waals surface area contributed by atoms with Crippen molar-refractivity contribution in [2.24, 2.45) is 0 Å². The van der Waals surface area contributed by atoms with Crippen LogP contribution in [0.15, 0.2) is 18.3 Å². The summed E-state index contributed by atoms with van der Waals surface area (Å²) in [6.07, 6.45) is 1.64. The highest BCUT2D eigenvalue weighted by atomic mass is 35.5. The Morgan fingerprint density at radius 2 is 2.31 bits per heavy atom. The van der Waals surface area contributed by atoms with Crippen LogP contribution in [0.25, 0.3) is 0 Å². The van der Waals surface area contributed by atoms with E-state index in [1.807, 2.05) is 6.07 Å². The summed E-state index contributed by atoms with van der Waals surface area (Å²) in [6, 6.07) is 3.56. The Balaban J connectivity index is 2.05. The molecule has 1 aromatic rings. The first kappa shape index (κ1) is 8.78. The van der Waals surface area contributed by atoms with Crippen LogP contribution in [-0.4, -0.2) is 23.7 Å². The third-order valence-corrected chi connectivity index (χ3v) is 2.29. The maximum absolute atomic E-state index is 5.71. The Morgan fingerprint density at radius 1 is 1.54 bits per heavy atom. The maximum atomic E-state index is 5.71. The molecule has 0 amide bonds. The zero-order valence-corrected chi connectivity index (χ0v) is 8.14. The van der Waals surface area contributed by atoms with Crippen molar-refractivity contribution in [3.8, 4) is 5.75 Å². The van der Waals surface area contributed by atoms with Crippen molar-refractivity contribution in [3.63, 3.8) is 0 Å². The summed E-state index contributed by atoms with van der Waals surface area (Å²) < 4.78 is 5.71. The van der Waals surface area contributed by atoms with E-state index in [1.54, 1.807) is 12.3 Å². The van der Waals surface area contributed by atoms with Crippen LogP contribution in [0.5, 0.6) is 5.75 Å². The minimum atomic E-state index is -0.0739. The highest BCUT2D eigenvalue weighted by Gasteiger charge is 2.33. The molecule has 1 saturated heterocycles. The highest BCUT2D eigenvalue weighted by Crippen LogP contribution is 2.21. The molecular formula is C9H11ClN2O. The summed E-state index contributed by atoms with van der Waals surface area (Å²) in [5.41, 5.74) is -0.0739. The van der Waals surface area contributed by atoms with Crippen LogP contribution in [-0.2, 0) is 0 Å². The van der Waals surface area contributed by atoms with Gasteiger partial charge in [0.05, 0.1) is 6.20 Å². The predicted molar refractivity (Wildman–Crippen MR) is 51.1 cm³/mol. The lowest BCUT2D eigenvalue weighted by molar-refractivity contribution is 0.0345. The van der Waals surface area contributed by atoms with Crippen molar-refractivity contribution in [1.29, 1.82) is 0 Å². The van der Waals surface area contributed by atoms with Crippen LogP contribution in [0.3, 0.4) is 0 Å². The molecule has 0 unspecified atom stereocenters. The molecule has 3 nitrogen and oxygen atoms in total. The number of halogens is 1. The average Bonchev–Trinajstić information content (AvgIpc) is 2.06. The van der Waals surface area contributed by atoms with Crippen LogP contribution in [0.4, 0.5) is 0 Å². The second-order valence-electron chi connectivity index (χ2n) is 3.47. The van der Waals surface area contributed by atoms with E-state index >= 15 is 0 Å². The van der Waals surface area contributed by atoms with E-state index < -0.39 is 0 Å². The van der Waals surface area contributed by atoms with E-state index in [4.69, 9.17) is 16.3 Å². The van der Waals surface area contributed by atoms with Gasteiger partial charge < -0.3 is 10.1 Å². The molecule has 4 heteroatoms. The molecule has 0 atom stereocenters. The monoisotopic (exact) mass is 198 g/mol. The second kappa shape index (κ2) is 3.16. The number of ether oxygens (including phenoxy) is 1. The van der Waals surface area contributed by atoms with E-state index in [9.17, 15) is 0 Å². The summed E-state index contributed by atoms with van der Waals surface area (Å²) in [5, 5.41) is 3.65. The Kier molecular flexibility index (Phi) is 2.14. The Labute approximate surface area is 82.1 Å². The molecule has 0 saturated carbocycles. The number of nitrogens with zero attached hydrogens (tertiary/aromatic N) is 1. The molecule has 0 aromatic carbocycles. The molecule has 1 aliphatic rings. The van der Waals surface area contributed by atoms with Crippen LogP contribution < -0.4 is 10.1 Å². The number of hydrogen-bond donors (Lipinski definition) is 1. The number of aromatic nitrogens is 1. The topological polar surface area (TPSA) is 34.1 Å². The fraction of sp³-hybridized carbons (Fsp3) is 0.444. The summed E-state index contributed by atoms with van der Waals surface area (Å²) in [7, 11) is 0. The molecule has 1 aliphatic heterocycles. The smallest absolute Gasteiger partial charge is 0.138 e. The van der Waals surface area contributed by atoms with Gasteiger partial charge in [-0.3, -0.25) is 0 Å². The van der Waals surface area contributed by atoms with Gasteiger partial charge in [0.2, 0.25) is 0 Å². The molecule has 0 spiro atoms. The molecule has 1 N–H and O–H groups in total. The largest absolute Gasteiger partial charge is 0.483 e. The molecular weight excluding hydrogens is 188 g/mol. The number of pyridine rings is 1. The summed E-state index contributed by atoms with van der Waals surface area (Å²) in [6.45, 7) is 3.84. The molecule has 0 aliphatic carbocycles. The predicted octanol–water partition coefficient (Wildman–Crippen LogP) is 1.48. The molecule has 1 fully saturated rings. The fourth-order valence-electron chi connectivity index (χ4n) is 1.26. The highest BCUT2D eigenvalue weighted by molar-refractivity contribution is 6.29. The summed E-state index contributed by atoms with van der Waals surface area (Å²) >= 11 is 5.65. The lowest BCUT2D eigenvalue weighted by Gasteiger charge is -2.39. The van der Waals surface area contributed by atoms with E-state index in [0.717, 1.165) is 18.8 Å². The molecule has 0 bridgehead atoms. The van der Waals surface area contributed by atoms with Crippen LogP contribution in [0, 0.1) is 0 Å². The van der Waals surface area contributed by atoms with E-state index in [2.05, 4.69) is 17.2 Å². The Hall–Kier alpha value is -0.800. The summed E-state index contributed by atoms with van der Waals surface area (Å²) in [5.74, 6) is 0.772. The van der Waals surface area contributed by atoms with Crippen molar-refractivity contribution in [3.05, 3.63) is 23.5 Å². The summed E-state index contributed by atoms with van der Waals surface area (Å²) in [4.78, 5) is 3.94. The third-order valence-electron chi connectivity index (χ3n) is 2.06. The first-order valence-corrected chi connectivity index (χ1v) is 4.57. The Bertz CT molecular complexity index is 295. The lowest BCUT2D eigenvalue weighted by atomic mass is 10.0. The molecule has 1 aromatic heterocycles. The minimum absolute atomic E-state index is 0.0739. The number of nitrogens with one attached hydrogen (secondary N) is 1. The molecule has 70 valence electrons. The van der Waals surface area contributed by atoms with Gasteiger partial charge in [0.1, 0.15) is 16.5 Å². The Morgan fingerprint density at radius 3 is 2.77 bits per heavy atom. The first-order chi connectivity index (χ1) is 6.18. The maximum Gasteiger partial charge on any atom is 0.138 e. The standard InChI is InChI=1S/C9H11ClN2O/c1-9(5-11-6-9)13-7-2-3-8(10)12-4-7/h2-4,11H,5-6H2,1H3. The van der Waals surface area contributed by atoms with Gasteiger partial charge in [-0.15, -0.1) is 0 Å². The zero-order chi connectivity index (χ0) is 9.31. The van der Waals surface area contributed by atoms with Gasteiger partial charge >= 0.3 is 0 Å². The lowest BCUT2D eigenvalue weighted by Crippen LogP contribution is -2.61. The van der Waals surface area contributed by atoms with Gasteiger partial charge in [-0.1, -0.05) is 11.6 Å². The van der Waals surface area contributed by atoms with Gasteiger partial charge in [0.25, 0.3) is 0 Å². The van der Waals surface area contributed by atoms with Crippen LogP contribution in [0.1, 0.15) is 6.92 Å². The average molecular weight is 199 g/mol. The van der Waals surface area contributed by atoms with Gasteiger partial charge in [0, 0.05) is 13.1 Å². The minimum Gasteiger partial charge on any atom is -0.483 e. The van der Waals surface area contributed by atoms with Gasteiger partial charge in [0.15, 0.2) is 0 Å². The number of hydrogen-bond acceptors (Lipinski definition) is 3. The van der Waals surface area contributed by atoms with Crippen LogP contribution in [0.2, 0.25) is 5.15 Å².